The Labute approximate surface area is 191 Å². The second-order valence-electron chi connectivity index (χ2n) is 7.75. The van der Waals surface area contributed by atoms with E-state index in [9.17, 15) is 21.0 Å². The van der Waals surface area contributed by atoms with Gasteiger partial charge >= 0.3 is 0 Å². The highest BCUT2D eigenvalue weighted by atomic mass is 16.3. The molecule has 0 aliphatic carbocycles. The van der Waals surface area contributed by atoms with Crippen LogP contribution in [-0.4, -0.2) is 0 Å². The van der Waals surface area contributed by atoms with Gasteiger partial charge in [-0.15, -0.1) is 0 Å². The van der Waals surface area contributed by atoms with E-state index in [1.54, 1.807) is 12.1 Å². The van der Waals surface area contributed by atoms with Gasteiger partial charge in [-0.1, -0.05) is 36.4 Å². The minimum absolute atomic E-state index is 0.0720. The first kappa shape index (κ1) is 19.1. The van der Waals surface area contributed by atoms with Crippen LogP contribution in [-0.2, 0) is 0 Å². The van der Waals surface area contributed by atoms with Crippen LogP contribution in [0.1, 0.15) is 0 Å². The van der Waals surface area contributed by atoms with E-state index in [1.165, 1.54) is 0 Å². The van der Waals surface area contributed by atoms with Gasteiger partial charge in [0.25, 0.3) is 0 Å². The fourth-order valence-electron chi connectivity index (χ4n) is 4.66. The molecule has 0 N–H and O–H groups in total. The second-order valence-corrected chi connectivity index (χ2v) is 7.75. The van der Waals surface area contributed by atoms with Gasteiger partial charge in [-0.25, -0.2) is 0 Å². The number of nitriles is 4. The average molecular weight is 434 g/mol. The van der Waals surface area contributed by atoms with Crippen LogP contribution in [0.25, 0.3) is 65.8 Å². The third-order valence-corrected chi connectivity index (χ3v) is 6.07. The lowest BCUT2D eigenvalue weighted by molar-refractivity contribution is 0.665. The molecule has 0 aliphatic rings. The molecule has 6 heteroatoms. The highest BCUT2D eigenvalue weighted by Gasteiger charge is 2.20. The summed E-state index contributed by atoms with van der Waals surface area (Å²) in [5.74, 6) is 0. The molecule has 34 heavy (non-hydrogen) atoms. The van der Waals surface area contributed by atoms with Gasteiger partial charge in [0, 0.05) is 32.0 Å². The van der Waals surface area contributed by atoms with Gasteiger partial charge in [-0.2, -0.15) is 21.0 Å². The Balaban J connectivity index is 2.10. The number of benzene rings is 4. The van der Waals surface area contributed by atoms with Crippen LogP contribution >= 0.6 is 0 Å². The van der Waals surface area contributed by atoms with Crippen LogP contribution < -0.4 is 10.4 Å². The standard InChI is InChI=1S/C28H10N4O2/c29-11-15(12-30)19-10-22-21(25-17-5-1-3-7-23(17)33-27(19)25)9-20(16(13-31)14-32)28-26(22)18-6-2-4-8-24(18)34-28/h1-10H. The summed E-state index contributed by atoms with van der Waals surface area (Å²) in [6.45, 7) is 0. The van der Waals surface area contributed by atoms with Crippen LogP contribution in [0.4, 0.5) is 0 Å². The zero-order valence-electron chi connectivity index (χ0n) is 17.4. The normalized spacial score (nSPS) is 10.8. The molecule has 0 unspecified atom stereocenters. The number of furan rings is 2. The number of para-hydroxylation sites is 2. The summed E-state index contributed by atoms with van der Waals surface area (Å²) in [5, 5.41) is 43.9. The first-order valence-corrected chi connectivity index (χ1v) is 10.3. The van der Waals surface area contributed by atoms with E-state index in [2.05, 4.69) is 0 Å². The van der Waals surface area contributed by atoms with Crippen molar-refractivity contribution in [1.82, 2.24) is 0 Å². The van der Waals surface area contributed by atoms with E-state index in [4.69, 9.17) is 8.83 Å². The Kier molecular flexibility index (Phi) is 3.93. The molecule has 0 fully saturated rings. The van der Waals surface area contributed by atoms with E-state index >= 15 is 0 Å². The first-order chi connectivity index (χ1) is 16.7. The molecule has 6 nitrogen and oxygen atoms in total. The van der Waals surface area contributed by atoms with Crippen molar-refractivity contribution in [2.75, 3.05) is 0 Å². The summed E-state index contributed by atoms with van der Waals surface area (Å²) < 4.78 is 12.3. The maximum absolute atomic E-state index is 9.67. The van der Waals surface area contributed by atoms with Crippen LogP contribution in [0.5, 0.6) is 0 Å². The molecule has 0 saturated heterocycles. The third-order valence-electron chi connectivity index (χ3n) is 6.07. The van der Waals surface area contributed by atoms with Gasteiger partial charge in [-0.05, 0) is 35.0 Å². The Morgan fingerprint density at radius 3 is 1.29 bits per heavy atom. The maximum Gasteiger partial charge on any atom is 0.145 e. The smallest absolute Gasteiger partial charge is 0.145 e. The van der Waals surface area contributed by atoms with Crippen molar-refractivity contribution in [2.45, 2.75) is 0 Å². The zero-order chi connectivity index (χ0) is 23.4. The quantitative estimate of drug-likeness (QED) is 0.330. The van der Waals surface area contributed by atoms with Crippen molar-refractivity contribution in [2.24, 2.45) is 0 Å². The highest BCUT2D eigenvalue weighted by Crippen LogP contribution is 2.38. The lowest BCUT2D eigenvalue weighted by Gasteiger charge is -2.05. The molecule has 0 saturated carbocycles. The summed E-state index contributed by atoms with van der Waals surface area (Å²) in [7, 11) is 0. The molecule has 0 atom stereocenters. The predicted molar refractivity (Wildman–Crippen MR) is 127 cm³/mol. The average Bonchev–Trinajstić information content (AvgIpc) is 3.45. The molecule has 154 valence electrons. The van der Waals surface area contributed by atoms with Crippen LogP contribution in [0.15, 0.2) is 69.5 Å². The monoisotopic (exact) mass is 434 g/mol. The van der Waals surface area contributed by atoms with Crippen LogP contribution in [0.2, 0.25) is 0 Å². The van der Waals surface area contributed by atoms with Crippen molar-refractivity contribution in [3.63, 3.8) is 0 Å². The van der Waals surface area contributed by atoms with E-state index < -0.39 is 0 Å². The Morgan fingerprint density at radius 2 is 0.912 bits per heavy atom. The van der Waals surface area contributed by atoms with E-state index in [0.717, 1.165) is 21.5 Å². The molecule has 0 spiro atoms. The minimum Gasteiger partial charge on any atom is -0.455 e. The predicted octanol–water partition coefficient (Wildman–Crippen LogP) is 5.03. The number of rotatable bonds is 0. The topological polar surface area (TPSA) is 121 Å². The summed E-state index contributed by atoms with van der Waals surface area (Å²) in [6.07, 6.45) is 0. The molecular formula is C28H10N4O2. The lowest BCUT2D eigenvalue weighted by Crippen LogP contribution is -2.09. The van der Waals surface area contributed by atoms with Gasteiger partial charge < -0.3 is 8.83 Å². The van der Waals surface area contributed by atoms with Gasteiger partial charge in [0.15, 0.2) is 0 Å². The van der Waals surface area contributed by atoms with Crippen LogP contribution in [0, 0.1) is 45.3 Å². The third kappa shape index (κ3) is 2.40. The number of hydrogen-bond acceptors (Lipinski definition) is 6. The molecule has 2 heterocycles. The summed E-state index contributed by atoms with van der Waals surface area (Å²) in [5.41, 5.74) is 1.87. The molecule has 0 radical (unpaired) electrons. The molecule has 0 aliphatic heterocycles. The maximum atomic E-state index is 9.67. The van der Waals surface area contributed by atoms with Gasteiger partial charge in [0.05, 0.1) is 0 Å². The molecule has 6 rings (SSSR count). The molecule has 6 aromatic rings. The van der Waals surface area contributed by atoms with E-state index in [1.807, 2.05) is 72.8 Å². The Hall–Kier alpha value is -5.56. The fourth-order valence-corrected chi connectivity index (χ4v) is 4.66. The van der Waals surface area contributed by atoms with Crippen molar-refractivity contribution in [3.05, 3.63) is 71.1 Å². The summed E-state index contributed by atoms with van der Waals surface area (Å²) in [4.78, 5) is 0. The minimum atomic E-state index is -0.0720. The molecule has 2 aromatic heterocycles. The zero-order valence-corrected chi connectivity index (χ0v) is 17.4. The highest BCUT2D eigenvalue weighted by molar-refractivity contribution is 6.28. The number of nitrogens with zero attached hydrogens (tertiary/aromatic N) is 4. The van der Waals surface area contributed by atoms with Crippen molar-refractivity contribution >= 4 is 65.8 Å². The Morgan fingerprint density at radius 1 is 0.529 bits per heavy atom. The Bertz CT molecular complexity index is 1980. The van der Waals surface area contributed by atoms with Gasteiger partial charge in [-0.3, -0.25) is 0 Å². The summed E-state index contributed by atoms with van der Waals surface area (Å²) >= 11 is 0. The summed E-state index contributed by atoms with van der Waals surface area (Å²) in [6, 6.07) is 26.3. The first-order valence-electron chi connectivity index (χ1n) is 10.3. The largest absolute Gasteiger partial charge is 0.455 e. The fraction of sp³-hybridized carbons (Fsp3) is 0. The van der Waals surface area contributed by atoms with Crippen molar-refractivity contribution in [1.29, 1.82) is 21.0 Å². The second kappa shape index (κ2) is 6.98. The molecule has 4 aromatic carbocycles. The van der Waals surface area contributed by atoms with Gasteiger partial charge in [0.1, 0.15) is 57.8 Å². The van der Waals surface area contributed by atoms with Crippen molar-refractivity contribution < 1.29 is 8.83 Å². The van der Waals surface area contributed by atoms with E-state index in [-0.39, 0.29) is 11.1 Å². The molecule has 0 bridgehead atoms. The number of fused-ring (bicyclic) bond motifs is 9. The van der Waals surface area contributed by atoms with E-state index in [0.29, 0.717) is 43.5 Å². The lowest BCUT2D eigenvalue weighted by atomic mass is 9.95. The van der Waals surface area contributed by atoms with Gasteiger partial charge in [0.2, 0.25) is 0 Å². The molecule has 0 amide bonds. The SMILES string of the molecule is N#CC(C#N)=c1cc2c(cc(=C(C#N)C#N)c3oc4ccccc4c32)c2c1oc1ccccc12. The number of hydrogen-bond donors (Lipinski definition) is 0. The van der Waals surface area contributed by atoms with Crippen LogP contribution in [0.3, 0.4) is 0 Å². The van der Waals surface area contributed by atoms with Crippen molar-refractivity contribution in [3.8, 4) is 24.3 Å². The molecular weight excluding hydrogens is 424 g/mol.